The van der Waals surface area contributed by atoms with Crippen molar-refractivity contribution in [3.63, 3.8) is 0 Å². The van der Waals surface area contributed by atoms with Gasteiger partial charge in [0, 0.05) is 24.5 Å². The van der Waals surface area contributed by atoms with Crippen LogP contribution in [0.3, 0.4) is 0 Å². The summed E-state index contributed by atoms with van der Waals surface area (Å²) in [5.41, 5.74) is 3.29. The third kappa shape index (κ3) is 3.74. The van der Waals surface area contributed by atoms with Crippen molar-refractivity contribution in [1.82, 2.24) is 9.47 Å². The monoisotopic (exact) mass is 378 g/mol. The highest BCUT2D eigenvalue weighted by Gasteiger charge is 2.33. The van der Waals surface area contributed by atoms with Gasteiger partial charge in [-0.1, -0.05) is 42.5 Å². The second-order valence-electron chi connectivity index (χ2n) is 6.42. The minimum atomic E-state index is 0.0400. The quantitative estimate of drug-likeness (QED) is 0.626. The first-order chi connectivity index (χ1) is 13.3. The maximum Gasteiger partial charge on any atom is 0.234 e. The number of carbonyl (C=O) groups excluding carboxylic acids is 1. The van der Waals surface area contributed by atoms with Gasteiger partial charge in [-0.25, -0.2) is 0 Å². The van der Waals surface area contributed by atoms with Crippen molar-refractivity contribution in [3.05, 3.63) is 84.2 Å². The fourth-order valence-electron chi connectivity index (χ4n) is 3.34. The Labute approximate surface area is 163 Å². The van der Waals surface area contributed by atoms with Crippen LogP contribution < -0.4 is 4.74 Å². The van der Waals surface area contributed by atoms with E-state index in [-0.39, 0.29) is 11.3 Å². The molecule has 1 aromatic heterocycles. The first-order valence-corrected chi connectivity index (χ1v) is 10.2. The number of benzene rings is 2. The van der Waals surface area contributed by atoms with E-state index in [9.17, 15) is 4.79 Å². The molecular weight excluding hydrogens is 356 g/mol. The van der Waals surface area contributed by atoms with Crippen molar-refractivity contribution in [2.24, 2.45) is 0 Å². The van der Waals surface area contributed by atoms with Gasteiger partial charge in [0.15, 0.2) is 0 Å². The summed E-state index contributed by atoms with van der Waals surface area (Å²) in [5.74, 6) is 1.58. The van der Waals surface area contributed by atoms with Gasteiger partial charge in [-0.05, 0) is 30.7 Å². The fourth-order valence-corrected chi connectivity index (χ4v) is 4.51. The fraction of sp³-hybridized carbons (Fsp3) is 0.227. The third-order valence-electron chi connectivity index (χ3n) is 4.61. The zero-order chi connectivity index (χ0) is 18.6. The van der Waals surface area contributed by atoms with E-state index >= 15 is 0 Å². The number of thioether (sulfide) groups is 1. The van der Waals surface area contributed by atoms with Crippen LogP contribution in [0.5, 0.6) is 5.75 Å². The molecular formula is C22H22N2O2S. The molecule has 2 aromatic carbocycles. The summed E-state index contributed by atoms with van der Waals surface area (Å²) in [4.78, 5) is 14.4. The first-order valence-electron chi connectivity index (χ1n) is 9.11. The van der Waals surface area contributed by atoms with E-state index in [1.807, 2.05) is 60.5 Å². The van der Waals surface area contributed by atoms with Gasteiger partial charge < -0.3 is 14.2 Å². The number of nitrogens with zero attached hydrogens (tertiary/aromatic N) is 2. The zero-order valence-corrected chi connectivity index (χ0v) is 16.1. The molecule has 1 atom stereocenters. The van der Waals surface area contributed by atoms with Crippen molar-refractivity contribution in [2.45, 2.75) is 18.8 Å². The third-order valence-corrected chi connectivity index (χ3v) is 5.86. The molecule has 1 aliphatic heterocycles. The SMILES string of the molecule is CCOc1ccccc1-n1ccc([C@@H]2SCC(=O)N2Cc2ccccc2)c1. The van der Waals surface area contributed by atoms with Crippen LogP contribution in [-0.4, -0.2) is 27.7 Å². The lowest BCUT2D eigenvalue weighted by atomic mass is 10.2. The van der Waals surface area contributed by atoms with Crippen LogP contribution >= 0.6 is 11.8 Å². The van der Waals surface area contributed by atoms with Crippen molar-refractivity contribution in [3.8, 4) is 11.4 Å². The summed E-state index contributed by atoms with van der Waals surface area (Å²) >= 11 is 1.69. The van der Waals surface area contributed by atoms with Gasteiger partial charge in [-0.2, -0.15) is 0 Å². The van der Waals surface area contributed by atoms with Gasteiger partial charge in [0.05, 0.1) is 18.0 Å². The van der Waals surface area contributed by atoms with Crippen LogP contribution in [0.1, 0.15) is 23.4 Å². The van der Waals surface area contributed by atoms with Crippen LogP contribution in [0.4, 0.5) is 0 Å². The Bertz CT molecular complexity index is 923. The Morgan fingerprint density at radius 2 is 1.85 bits per heavy atom. The minimum Gasteiger partial charge on any atom is -0.492 e. The predicted octanol–water partition coefficient (Wildman–Crippen LogP) is 4.65. The topological polar surface area (TPSA) is 34.5 Å². The Morgan fingerprint density at radius 1 is 1.07 bits per heavy atom. The molecule has 0 aliphatic carbocycles. The van der Waals surface area contributed by atoms with E-state index in [1.54, 1.807) is 11.8 Å². The number of aromatic nitrogens is 1. The lowest BCUT2D eigenvalue weighted by Crippen LogP contribution is -2.27. The van der Waals surface area contributed by atoms with Gasteiger partial charge in [0.25, 0.3) is 0 Å². The summed E-state index contributed by atoms with van der Waals surface area (Å²) in [7, 11) is 0. The molecule has 0 spiro atoms. The smallest absolute Gasteiger partial charge is 0.234 e. The largest absolute Gasteiger partial charge is 0.492 e. The van der Waals surface area contributed by atoms with Crippen molar-refractivity contribution in [1.29, 1.82) is 0 Å². The Kier molecular flexibility index (Phi) is 5.21. The molecule has 5 heteroatoms. The number of ether oxygens (including phenoxy) is 1. The lowest BCUT2D eigenvalue weighted by molar-refractivity contribution is -0.128. The Hall–Kier alpha value is -2.66. The number of amides is 1. The zero-order valence-electron chi connectivity index (χ0n) is 15.2. The van der Waals surface area contributed by atoms with Crippen molar-refractivity contribution < 1.29 is 9.53 Å². The van der Waals surface area contributed by atoms with E-state index in [1.165, 1.54) is 0 Å². The normalized spacial score (nSPS) is 16.7. The second-order valence-corrected chi connectivity index (χ2v) is 7.49. The van der Waals surface area contributed by atoms with Crippen LogP contribution in [0.2, 0.25) is 0 Å². The van der Waals surface area contributed by atoms with E-state index in [2.05, 4.69) is 29.0 Å². The summed E-state index contributed by atoms with van der Waals surface area (Å²) < 4.78 is 7.83. The Balaban J connectivity index is 1.60. The lowest BCUT2D eigenvalue weighted by Gasteiger charge is -2.23. The van der Waals surface area contributed by atoms with E-state index < -0.39 is 0 Å². The minimum absolute atomic E-state index is 0.0400. The average molecular weight is 378 g/mol. The molecule has 1 saturated heterocycles. The average Bonchev–Trinajstić information content (AvgIpc) is 3.31. The number of para-hydroxylation sites is 2. The van der Waals surface area contributed by atoms with E-state index in [0.717, 1.165) is 22.6 Å². The molecule has 3 aromatic rings. The second kappa shape index (κ2) is 7.92. The number of hydrogen-bond acceptors (Lipinski definition) is 3. The first kappa shape index (κ1) is 17.7. The molecule has 138 valence electrons. The molecule has 0 saturated carbocycles. The van der Waals surface area contributed by atoms with Gasteiger partial charge >= 0.3 is 0 Å². The molecule has 1 amide bonds. The highest BCUT2D eigenvalue weighted by Crippen LogP contribution is 2.40. The molecule has 4 rings (SSSR count). The number of hydrogen-bond donors (Lipinski definition) is 0. The maximum atomic E-state index is 12.5. The molecule has 0 bridgehead atoms. The molecule has 1 aliphatic rings. The number of rotatable bonds is 6. The summed E-state index contributed by atoms with van der Waals surface area (Å²) in [6.45, 7) is 3.25. The van der Waals surface area contributed by atoms with E-state index in [4.69, 9.17) is 4.74 Å². The van der Waals surface area contributed by atoms with Gasteiger partial charge in [-0.3, -0.25) is 4.79 Å². The molecule has 2 heterocycles. The highest BCUT2D eigenvalue weighted by molar-refractivity contribution is 8.00. The van der Waals surface area contributed by atoms with Crippen LogP contribution in [0, 0.1) is 0 Å². The van der Waals surface area contributed by atoms with Crippen molar-refractivity contribution in [2.75, 3.05) is 12.4 Å². The van der Waals surface area contributed by atoms with Gasteiger partial charge in [-0.15, -0.1) is 11.8 Å². The van der Waals surface area contributed by atoms with Crippen LogP contribution in [0.25, 0.3) is 5.69 Å². The van der Waals surface area contributed by atoms with Crippen LogP contribution in [0.15, 0.2) is 73.1 Å². The van der Waals surface area contributed by atoms with Crippen LogP contribution in [-0.2, 0) is 11.3 Å². The standard InChI is InChI=1S/C22H22N2O2S/c1-2-26-20-11-7-6-10-19(20)23-13-12-18(15-23)22-24(21(25)16-27-22)14-17-8-4-3-5-9-17/h3-13,15,22H,2,14,16H2,1H3/t22-/m0/s1. The number of carbonyl (C=O) groups is 1. The summed E-state index contributed by atoms with van der Waals surface area (Å²) in [5, 5.41) is 0.0400. The van der Waals surface area contributed by atoms with Gasteiger partial charge in [0.2, 0.25) is 5.91 Å². The molecule has 0 N–H and O–H groups in total. The molecule has 1 fully saturated rings. The predicted molar refractivity (Wildman–Crippen MR) is 109 cm³/mol. The summed E-state index contributed by atoms with van der Waals surface area (Å²) in [6.07, 6.45) is 4.14. The maximum absolute atomic E-state index is 12.5. The highest BCUT2D eigenvalue weighted by atomic mass is 32.2. The molecule has 0 unspecified atom stereocenters. The van der Waals surface area contributed by atoms with Gasteiger partial charge in [0.1, 0.15) is 11.1 Å². The Morgan fingerprint density at radius 3 is 2.67 bits per heavy atom. The summed E-state index contributed by atoms with van der Waals surface area (Å²) in [6, 6.07) is 20.3. The molecule has 27 heavy (non-hydrogen) atoms. The molecule has 4 nitrogen and oxygen atoms in total. The molecule has 0 radical (unpaired) electrons. The van der Waals surface area contributed by atoms with Crippen molar-refractivity contribution >= 4 is 17.7 Å². The van der Waals surface area contributed by atoms with E-state index in [0.29, 0.717) is 18.9 Å².